The van der Waals surface area contributed by atoms with Crippen molar-refractivity contribution >= 4 is 28.5 Å². The Hall–Kier alpha value is -2.38. The van der Waals surface area contributed by atoms with E-state index in [4.69, 9.17) is 10.6 Å². The van der Waals surface area contributed by atoms with Crippen molar-refractivity contribution in [2.24, 2.45) is 5.84 Å². The summed E-state index contributed by atoms with van der Waals surface area (Å²) in [6, 6.07) is 13.1. The van der Waals surface area contributed by atoms with Crippen molar-refractivity contribution in [2.75, 3.05) is 18.2 Å². The van der Waals surface area contributed by atoms with Gasteiger partial charge in [0.1, 0.15) is 18.2 Å². The molecule has 130 valence electrons. The first-order valence-electron chi connectivity index (χ1n) is 7.99. The molecule has 0 radical (unpaired) electrons. The molecular formula is C18H19N3O3S. The molecule has 1 aromatic carbocycles. The Labute approximate surface area is 150 Å². The number of Topliss-reactive ketones (excluding diaryl/α,β-unsaturated/α-hetero) is 1. The molecule has 0 bridgehead atoms. The average molecular weight is 357 g/mol. The van der Waals surface area contributed by atoms with E-state index < -0.39 is 0 Å². The summed E-state index contributed by atoms with van der Waals surface area (Å²) in [5.41, 5.74) is 1.02. The Morgan fingerprint density at radius 2 is 2.00 bits per heavy atom. The lowest BCUT2D eigenvalue weighted by atomic mass is 10.1. The van der Waals surface area contributed by atoms with Crippen LogP contribution in [0.4, 0.5) is 5.82 Å². The Balaban J connectivity index is 1.46. The molecule has 1 saturated heterocycles. The van der Waals surface area contributed by atoms with Gasteiger partial charge in [-0.15, -0.1) is 0 Å². The lowest BCUT2D eigenvalue weighted by molar-refractivity contribution is -0.121. The van der Waals surface area contributed by atoms with Crippen molar-refractivity contribution in [3.8, 4) is 5.75 Å². The van der Waals surface area contributed by atoms with Gasteiger partial charge in [-0.25, -0.2) is 10.8 Å². The largest absolute Gasteiger partial charge is 0.492 e. The summed E-state index contributed by atoms with van der Waals surface area (Å²) in [5.74, 6) is 7.37. The molecule has 1 aliphatic heterocycles. The molecule has 0 amide bonds. The van der Waals surface area contributed by atoms with Crippen LogP contribution in [0, 0.1) is 0 Å². The van der Waals surface area contributed by atoms with Crippen LogP contribution in [0.5, 0.6) is 5.75 Å². The SMILES string of the molecule is NN(CCOc1ccc(CC2SC(=O)CC2=O)cc1)c1ccccn1. The molecule has 0 aliphatic carbocycles. The minimum Gasteiger partial charge on any atom is -0.492 e. The topological polar surface area (TPSA) is 85.5 Å². The predicted octanol–water partition coefficient (Wildman–Crippen LogP) is 1.98. The van der Waals surface area contributed by atoms with E-state index >= 15 is 0 Å². The van der Waals surface area contributed by atoms with Crippen LogP contribution in [-0.4, -0.2) is 34.3 Å². The third-order valence-corrected chi connectivity index (χ3v) is 4.96. The number of rotatable bonds is 7. The fourth-order valence-corrected chi connectivity index (χ4v) is 3.55. The first-order valence-corrected chi connectivity index (χ1v) is 8.87. The number of anilines is 1. The number of benzene rings is 1. The Bertz CT molecular complexity index is 737. The highest BCUT2D eigenvalue weighted by Crippen LogP contribution is 2.28. The van der Waals surface area contributed by atoms with E-state index in [2.05, 4.69) is 4.98 Å². The zero-order valence-electron chi connectivity index (χ0n) is 13.6. The zero-order valence-corrected chi connectivity index (χ0v) is 14.4. The van der Waals surface area contributed by atoms with E-state index in [-0.39, 0.29) is 22.6 Å². The summed E-state index contributed by atoms with van der Waals surface area (Å²) in [4.78, 5) is 27.1. The summed E-state index contributed by atoms with van der Waals surface area (Å²) < 4.78 is 5.69. The third kappa shape index (κ3) is 4.80. The monoisotopic (exact) mass is 357 g/mol. The van der Waals surface area contributed by atoms with Gasteiger partial charge in [0, 0.05) is 6.20 Å². The van der Waals surface area contributed by atoms with Crippen LogP contribution in [0.1, 0.15) is 12.0 Å². The smallest absolute Gasteiger partial charge is 0.197 e. The second-order valence-electron chi connectivity index (χ2n) is 5.70. The Morgan fingerprint density at radius 1 is 1.20 bits per heavy atom. The Kier molecular flexibility index (Phi) is 5.67. The third-order valence-electron chi connectivity index (χ3n) is 3.84. The van der Waals surface area contributed by atoms with Gasteiger partial charge in [0.2, 0.25) is 0 Å². The highest BCUT2D eigenvalue weighted by molar-refractivity contribution is 8.15. The second kappa shape index (κ2) is 8.13. The van der Waals surface area contributed by atoms with E-state index in [9.17, 15) is 9.59 Å². The van der Waals surface area contributed by atoms with Gasteiger partial charge in [0.15, 0.2) is 10.9 Å². The van der Waals surface area contributed by atoms with Gasteiger partial charge in [-0.2, -0.15) is 0 Å². The van der Waals surface area contributed by atoms with Gasteiger partial charge >= 0.3 is 0 Å². The molecule has 0 spiro atoms. The number of carbonyl (C=O) groups is 2. The van der Waals surface area contributed by atoms with Crippen molar-refractivity contribution in [2.45, 2.75) is 18.1 Å². The molecule has 7 heteroatoms. The zero-order chi connectivity index (χ0) is 17.6. The molecule has 2 aromatic rings. The van der Waals surface area contributed by atoms with Crippen LogP contribution >= 0.6 is 11.8 Å². The molecule has 1 aliphatic rings. The summed E-state index contributed by atoms with van der Waals surface area (Å²) in [7, 11) is 0. The molecular weight excluding hydrogens is 338 g/mol. The normalized spacial score (nSPS) is 16.9. The van der Waals surface area contributed by atoms with Crippen molar-refractivity contribution < 1.29 is 14.3 Å². The number of hydrazine groups is 1. The Morgan fingerprint density at radius 3 is 2.64 bits per heavy atom. The predicted molar refractivity (Wildman–Crippen MR) is 97.4 cm³/mol. The van der Waals surface area contributed by atoms with Gasteiger partial charge < -0.3 is 4.74 Å². The highest BCUT2D eigenvalue weighted by atomic mass is 32.2. The van der Waals surface area contributed by atoms with Crippen LogP contribution in [0.15, 0.2) is 48.7 Å². The molecule has 2 N–H and O–H groups in total. The maximum atomic E-state index is 11.7. The van der Waals surface area contributed by atoms with E-state index in [1.165, 1.54) is 5.01 Å². The highest BCUT2D eigenvalue weighted by Gasteiger charge is 2.31. The second-order valence-corrected chi connectivity index (χ2v) is 6.96. The van der Waals surface area contributed by atoms with Crippen molar-refractivity contribution in [1.82, 2.24) is 4.98 Å². The number of nitrogens with two attached hydrogens (primary N) is 1. The lowest BCUT2D eigenvalue weighted by Gasteiger charge is -2.17. The molecule has 2 heterocycles. The van der Waals surface area contributed by atoms with Crippen LogP contribution < -0.4 is 15.6 Å². The van der Waals surface area contributed by atoms with Gasteiger partial charge in [-0.3, -0.25) is 14.6 Å². The number of pyridine rings is 1. The maximum Gasteiger partial charge on any atom is 0.197 e. The van der Waals surface area contributed by atoms with Gasteiger partial charge in [-0.1, -0.05) is 30.0 Å². The van der Waals surface area contributed by atoms with E-state index in [0.29, 0.717) is 25.4 Å². The van der Waals surface area contributed by atoms with Gasteiger partial charge in [0.05, 0.1) is 18.2 Å². The van der Waals surface area contributed by atoms with Crippen LogP contribution in [-0.2, 0) is 16.0 Å². The molecule has 1 aromatic heterocycles. The molecule has 3 rings (SSSR count). The number of thioether (sulfide) groups is 1. The molecule has 25 heavy (non-hydrogen) atoms. The summed E-state index contributed by atoms with van der Waals surface area (Å²) in [5, 5.41) is 1.26. The molecule has 1 atom stereocenters. The van der Waals surface area contributed by atoms with Gasteiger partial charge in [-0.05, 0) is 36.2 Å². The van der Waals surface area contributed by atoms with Crippen molar-refractivity contribution in [1.29, 1.82) is 0 Å². The number of ether oxygens (including phenoxy) is 1. The number of hydrogen-bond acceptors (Lipinski definition) is 7. The fourth-order valence-electron chi connectivity index (χ4n) is 2.51. The van der Waals surface area contributed by atoms with Crippen LogP contribution in [0.2, 0.25) is 0 Å². The number of aromatic nitrogens is 1. The van der Waals surface area contributed by atoms with Crippen LogP contribution in [0.25, 0.3) is 0 Å². The number of ketones is 1. The number of hydrogen-bond donors (Lipinski definition) is 1. The van der Waals surface area contributed by atoms with E-state index in [1.54, 1.807) is 6.20 Å². The van der Waals surface area contributed by atoms with Crippen molar-refractivity contribution in [3.05, 3.63) is 54.2 Å². The maximum absolute atomic E-state index is 11.7. The molecule has 1 fully saturated rings. The molecule has 1 unspecified atom stereocenters. The van der Waals surface area contributed by atoms with E-state index in [0.717, 1.165) is 23.1 Å². The van der Waals surface area contributed by atoms with Crippen LogP contribution in [0.3, 0.4) is 0 Å². The first-order chi connectivity index (χ1) is 12.1. The molecule has 0 saturated carbocycles. The number of nitrogens with zero attached hydrogens (tertiary/aromatic N) is 2. The quantitative estimate of drug-likeness (QED) is 0.461. The minimum absolute atomic E-state index is 0.0212. The lowest BCUT2D eigenvalue weighted by Crippen LogP contribution is -2.35. The summed E-state index contributed by atoms with van der Waals surface area (Å²) >= 11 is 1.14. The van der Waals surface area contributed by atoms with Gasteiger partial charge in [0.25, 0.3) is 0 Å². The summed E-state index contributed by atoms with van der Waals surface area (Å²) in [6.45, 7) is 0.936. The summed E-state index contributed by atoms with van der Waals surface area (Å²) in [6.07, 6.45) is 2.32. The minimum atomic E-state index is -0.247. The first kappa shape index (κ1) is 17.4. The fraction of sp³-hybridized carbons (Fsp3) is 0.278. The van der Waals surface area contributed by atoms with Crippen molar-refractivity contribution in [3.63, 3.8) is 0 Å². The molecule has 6 nitrogen and oxygen atoms in total. The standard InChI is InChI=1S/C18H19N3O3S/c19-21(17-3-1-2-8-20-17)9-10-24-14-6-4-13(5-7-14)11-16-15(22)12-18(23)25-16/h1-8,16H,9-12,19H2. The number of carbonyl (C=O) groups excluding carboxylic acids is 2. The average Bonchev–Trinajstić information content (AvgIpc) is 2.94. The van der Waals surface area contributed by atoms with E-state index in [1.807, 2.05) is 42.5 Å².